The Morgan fingerprint density at radius 1 is 0.733 bits per heavy atom. The lowest BCUT2D eigenvalue weighted by molar-refractivity contribution is -0.597. The molecule has 0 radical (unpaired) electrons. The zero-order chi connectivity index (χ0) is 9.80. The molecule has 0 saturated heterocycles. The summed E-state index contributed by atoms with van der Waals surface area (Å²) in [6, 6.07) is 18.8. The van der Waals surface area contributed by atoms with E-state index in [0.717, 1.165) is 5.69 Å². The first-order valence-corrected chi connectivity index (χ1v) is 6.56. The van der Waals surface area contributed by atoms with Gasteiger partial charge in [-0.1, -0.05) is 18.2 Å². The van der Waals surface area contributed by atoms with Gasteiger partial charge in [0.15, 0.2) is 7.14 Å². The molecular formula is C12H11BrIN. The molecule has 2 N–H and O–H groups in total. The van der Waals surface area contributed by atoms with Crippen LogP contribution in [-0.4, -0.2) is 0 Å². The smallest absolute Gasteiger partial charge is 0.357 e. The molecule has 15 heavy (non-hydrogen) atoms. The van der Waals surface area contributed by atoms with Crippen molar-refractivity contribution < 1.29 is 38.2 Å². The lowest BCUT2D eigenvalue weighted by Crippen LogP contribution is -3.61. The molecule has 78 valence electrons. The van der Waals surface area contributed by atoms with Gasteiger partial charge in [-0.2, -0.15) is 0 Å². The van der Waals surface area contributed by atoms with Crippen LogP contribution in [0.15, 0.2) is 54.6 Å². The Balaban J connectivity index is 0.00000112. The highest BCUT2D eigenvalue weighted by Gasteiger charge is 2.13. The average Bonchev–Trinajstić information content (AvgIpc) is 2.23. The monoisotopic (exact) mass is 375 g/mol. The molecule has 0 unspecified atom stereocenters. The third-order valence-corrected chi connectivity index (χ3v) is 4.51. The van der Waals surface area contributed by atoms with Crippen molar-refractivity contribution in [3.05, 3.63) is 61.7 Å². The zero-order valence-corrected chi connectivity index (χ0v) is 11.8. The van der Waals surface area contributed by atoms with Crippen LogP contribution >= 0.6 is 0 Å². The van der Waals surface area contributed by atoms with Crippen LogP contribution in [0, 0.1) is 7.14 Å². The van der Waals surface area contributed by atoms with Crippen LogP contribution in [0.1, 0.15) is 0 Å². The van der Waals surface area contributed by atoms with Crippen molar-refractivity contribution >= 4 is 5.69 Å². The second kappa shape index (κ2) is 6.12. The van der Waals surface area contributed by atoms with E-state index in [1.54, 1.807) is 0 Å². The predicted octanol–water partition coefficient (Wildman–Crippen LogP) is -3.60. The van der Waals surface area contributed by atoms with Gasteiger partial charge in [0.1, 0.15) is 0 Å². The van der Waals surface area contributed by atoms with E-state index >= 15 is 0 Å². The Bertz CT molecular complexity index is 400. The molecule has 0 aliphatic heterocycles. The molecule has 2 rings (SSSR count). The Hall–Kier alpha value is -0.550. The van der Waals surface area contributed by atoms with E-state index in [1.165, 1.54) is 7.14 Å². The maximum absolute atomic E-state index is 5.63. The van der Waals surface area contributed by atoms with E-state index in [0.29, 0.717) is 0 Å². The first kappa shape index (κ1) is 12.5. The van der Waals surface area contributed by atoms with Gasteiger partial charge in [0.2, 0.25) is 0 Å². The first-order chi connectivity index (χ1) is 6.84. The summed E-state index contributed by atoms with van der Waals surface area (Å²) in [4.78, 5) is 0. The molecule has 0 heterocycles. The summed E-state index contributed by atoms with van der Waals surface area (Å²) in [5, 5.41) is 0. The SMILES string of the molecule is Nc1ccc([I+]c2ccccc2)cc1.[Br-]. The molecular weight excluding hydrogens is 365 g/mol. The van der Waals surface area contributed by atoms with Gasteiger partial charge in [0, 0.05) is 5.69 Å². The normalized spacial score (nSPS) is 9.33. The molecule has 1 nitrogen and oxygen atoms in total. The van der Waals surface area contributed by atoms with E-state index < -0.39 is 0 Å². The highest BCUT2D eigenvalue weighted by Crippen LogP contribution is 1.97. The standard InChI is InChI=1S/C12H11IN.BrH/c14-12-8-6-11(7-9-12)13-10-4-2-1-3-5-10;/h1-9H,14H2;1H/q+1;/p-1. The van der Waals surface area contributed by atoms with Crippen molar-refractivity contribution in [2.75, 3.05) is 5.73 Å². The second-order valence-electron chi connectivity index (χ2n) is 2.94. The van der Waals surface area contributed by atoms with Gasteiger partial charge in [0.25, 0.3) is 0 Å². The number of anilines is 1. The van der Waals surface area contributed by atoms with Crippen LogP contribution in [0.3, 0.4) is 0 Å². The van der Waals surface area contributed by atoms with Crippen LogP contribution in [0.4, 0.5) is 5.69 Å². The molecule has 2 aromatic rings. The minimum absolute atomic E-state index is 0. The highest BCUT2D eigenvalue weighted by atomic mass is 127. The Morgan fingerprint density at radius 2 is 1.27 bits per heavy atom. The molecule has 0 fully saturated rings. The number of nitrogen functional groups attached to an aromatic ring is 1. The third-order valence-electron chi connectivity index (χ3n) is 1.82. The van der Waals surface area contributed by atoms with Crippen LogP contribution in [0.2, 0.25) is 0 Å². The summed E-state index contributed by atoms with van der Waals surface area (Å²) < 4.78 is 2.85. The Kier molecular flexibility index (Phi) is 5.11. The maximum Gasteiger partial charge on any atom is 0.357 e. The predicted molar refractivity (Wildman–Crippen MR) is 54.7 cm³/mol. The summed E-state index contributed by atoms with van der Waals surface area (Å²) in [7, 11) is 0. The molecule has 0 spiro atoms. The van der Waals surface area contributed by atoms with Gasteiger partial charge < -0.3 is 22.7 Å². The number of halogens is 2. The van der Waals surface area contributed by atoms with Gasteiger partial charge >= 0.3 is 21.2 Å². The molecule has 0 amide bonds. The van der Waals surface area contributed by atoms with E-state index in [4.69, 9.17) is 5.73 Å². The van der Waals surface area contributed by atoms with Gasteiger partial charge in [-0.3, -0.25) is 0 Å². The summed E-state index contributed by atoms with van der Waals surface area (Å²) in [5.41, 5.74) is 6.47. The molecule has 0 aliphatic rings. The topological polar surface area (TPSA) is 26.0 Å². The molecule has 3 heteroatoms. The van der Waals surface area contributed by atoms with Crippen LogP contribution in [-0.2, 0) is 0 Å². The van der Waals surface area contributed by atoms with Crippen molar-refractivity contribution in [3.8, 4) is 0 Å². The number of benzene rings is 2. The molecule has 0 saturated carbocycles. The van der Waals surface area contributed by atoms with E-state index in [2.05, 4.69) is 42.5 Å². The van der Waals surface area contributed by atoms with Crippen LogP contribution in [0.5, 0.6) is 0 Å². The quantitative estimate of drug-likeness (QED) is 0.426. The molecule has 0 aromatic heterocycles. The van der Waals surface area contributed by atoms with Crippen molar-refractivity contribution in [3.63, 3.8) is 0 Å². The second-order valence-corrected chi connectivity index (χ2v) is 5.97. The molecule has 0 atom stereocenters. The summed E-state index contributed by atoms with van der Waals surface area (Å²) in [6.07, 6.45) is 0. The molecule has 0 bridgehead atoms. The van der Waals surface area contributed by atoms with Gasteiger partial charge in [-0.15, -0.1) is 0 Å². The highest BCUT2D eigenvalue weighted by molar-refractivity contribution is 5.35. The third kappa shape index (κ3) is 3.83. The lowest BCUT2D eigenvalue weighted by Gasteiger charge is -1.89. The summed E-state index contributed by atoms with van der Waals surface area (Å²) >= 11 is -0.0396. The van der Waals surface area contributed by atoms with E-state index in [9.17, 15) is 0 Å². The van der Waals surface area contributed by atoms with Crippen molar-refractivity contribution in [2.24, 2.45) is 0 Å². The minimum Gasteiger partial charge on any atom is -1.00 e. The van der Waals surface area contributed by atoms with Gasteiger partial charge in [-0.25, -0.2) is 0 Å². The van der Waals surface area contributed by atoms with Crippen LogP contribution < -0.4 is 43.9 Å². The van der Waals surface area contributed by atoms with Crippen molar-refractivity contribution in [2.45, 2.75) is 0 Å². The van der Waals surface area contributed by atoms with Crippen LogP contribution in [0.25, 0.3) is 0 Å². The average molecular weight is 376 g/mol. The van der Waals surface area contributed by atoms with Gasteiger partial charge in [0.05, 0.1) is 0 Å². The number of hydrogen-bond acceptors (Lipinski definition) is 1. The Labute approximate surface area is 111 Å². The summed E-state index contributed by atoms with van der Waals surface area (Å²) in [6.45, 7) is 0. The largest absolute Gasteiger partial charge is 1.00 e. The molecule has 2 aromatic carbocycles. The van der Waals surface area contributed by atoms with Gasteiger partial charge in [-0.05, 0) is 36.4 Å². The Morgan fingerprint density at radius 3 is 1.87 bits per heavy atom. The molecule has 0 aliphatic carbocycles. The number of hydrogen-bond donors (Lipinski definition) is 1. The lowest BCUT2D eigenvalue weighted by atomic mass is 10.3. The maximum atomic E-state index is 5.63. The summed E-state index contributed by atoms with van der Waals surface area (Å²) in [5.74, 6) is 0. The fourth-order valence-corrected chi connectivity index (χ4v) is 3.34. The van der Waals surface area contributed by atoms with E-state index in [1.807, 2.05) is 12.1 Å². The zero-order valence-electron chi connectivity index (χ0n) is 8.03. The fraction of sp³-hybridized carbons (Fsp3) is 0. The number of nitrogens with two attached hydrogens (primary N) is 1. The first-order valence-electron chi connectivity index (χ1n) is 4.40. The van der Waals surface area contributed by atoms with Crippen molar-refractivity contribution in [1.82, 2.24) is 0 Å². The fourth-order valence-electron chi connectivity index (χ4n) is 1.13. The van der Waals surface area contributed by atoms with E-state index in [-0.39, 0.29) is 38.2 Å². The number of rotatable bonds is 2. The van der Waals surface area contributed by atoms with Crippen molar-refractivity contribution in [1.29, 1.82) is 0 Å². The minimum atomic E-state index is -0.0396.